The van der Waals surface area contributed by atoms with Gasteiger partial charge >= 0.3 is 0 Å². The standard InChI is InChI=1S/C21H28N6O2S/c1-14-12-15(2)25-20(24-14)26-19(22-10-9-16-5-7-17(28)8-6-16)27-21(30)23-13-18-4-3-11-29-18/h5-8,12,18,28H,3-4,9-11,13H2,1-2H3,(H3,22,23,24,25,26,27,30). The lowest BCUT2D eigenvalue weighted by Gasteiger charge is -2.16. The molecular formula is C21H28N6O2S. The van der Waals surface area contributed by atoms with Gasteiger partial charge in [-0.25, -0.2) is 9.97 Å². The maximum absolute atomic E-state index is 9.42. The van der Waals surface area contributed by atoms with E-state index in [1.807, 2.05) is 32.0 Å². The summed E-state index contributed by atoms with van der Waals surface area (Å²) in [5, 5.41) is 19.3. The minimum Gasteiger partial charge on any atom is -0.508 e. The van der Waals surface area contributed by atoms with Crippen LogP contribution in [0.15, 0.2) is 35.3 Å². The van der Waals surface area contributed by atoms with Gasteiger partial charge in [-0.05, 0) is 69.1 Å². The van der Waals surface area contributed by atoms with Crippen molar-refractivity contribution in [2.24, 2.45) is 4.99 Å². The van der Waals surface area contributed by atoms with E-state index < -0.39 is 0 Å². The number of aryl methyl sites for hydroxylation is 2. The number of phenols is 1. The molecule has 160 valence electrons. The van der Waals surface area contributed by atoms with Crippen molar-refractivity contribution >= 4 is 29.2 Å². The number of anilines is 1. The van der Waals surface area contributed by atoms with E-state index in [1.165, 1.54) is 0 Å². The monoisotopic (exact) mass is 428 g/mol. The van der Waals surface area contributed by atoms with E-state index >= 15 is 0 Å². The van der Waals surface area contributed by atoms with E-state index in [9.17, 15) is 5.11 Å². The van der Waals surface area contributed by atoms with Gasteiger partial charge in [-0.1, -0.05) is 12.1 Å². The first-order valence-electron chi connectivity index (χ1n) is 10.1. The van der Waals surface area contributed by atoms with Gasteiger partial charge in [-0.2, -0.15) is 0 Å². The van der Waals surface area contributed by atoms with Crippen LogP contribution in [-0.2, 0) is 11.2 Å². The molecule has 0 radical (unpaired) electrons. The van der Waals surface area contributed by atoms with Crippen molar-refractivity contribution in [1.82, 2.24) is 20.6 Å². The van der Waals surface area contributed by atoms with E-state index in [1.54, 1.807) is 12.1 Å². The lowest BCUT2D eigenvalue weighted by atomic mass is 10.1. The van der Waals surface area contributed by atoms with Crippen LogP contribution in [0.1, 0.15) is 29.8 Å². The van der Waals surface area contributed by atoms with E-state index in [0.717, 1.165) is 42.8 Å². The number of aromatic hydroxyl groups is 1. The van der Waals surface area contributed by atoms with Crippen LogP contribution in [-0.4, -0.2) is 51.9 Å². The molecule has 0 bridgehead atoms. The largest absolute Gasteiger partial charge is 0.508 e. The van der Waals surface area contributed by atoms with Gasteiger partial charge in [0.2, 0.25) is 11.9 Å². The Kier molecular flexibility index (Phi) is 7.92. The van der Waals surface area contributed by atoms with Gasteiger partial charge in [-0.15, -0.1) is 0 Å². The minimum absolute atomic E-state index is 0.190. The predicted octanol–water partition coefficient (Wildman–Crippen LogP) is 2.45. The fourth-order valence-corrected chi connectivity index (χ4v) is 3.30. The molecule has 1 saturated heterocycles. The minimum atomic E-state index is 0.190. The fraction of sp³-hybridized carbons (Fsp3) is 0.429. The number of benzene rings is 1. The molecule has 3 rings (SSSR count). The number of thiocarbonyl (C=S) groups is 1. The molecule has 1 aromatic carbocycles. The fourth-order valence-electron chi connectivity index (χ4n) is 3.12. The Labute approximate surface area is 182 Å². The van der Waals surface area contributed by atoms with Crippen LogP contribution in [0.25, 0.3) is 0 Å². The normalized spacial score (nSPS) is 16.3. The number of aromatic nitrogens is 2. The molecular weight excluding hydrogens is 400 g/mol. The highest BCUT2D eigenvalue weighted by molar-refractivity contribution is 7.80. The van der Waals surface area contributed by atoms with Crippen molar-refractivity contribution in [1.29, 1.82) is 0 Å². The molecule has 1 fully saturated rings. The average Bonchev–Trinajstić information content (AvgIpc) is 3.21. The summed E-state index contributed by atoms with van der Waals surface area (Å²) >= 11 is 5.42. The van der Waals surface area contributed by atoms with Crippen molar-refractivity contribution in [3.05, 3.63) is 47.3 Å². The van der Waals surface area contributed by atoms with Crippen LogP contribution in [0.2, 0.25) is 0 Å². The number of ether oxygens (including phenoxy) is 1. The Morgan fingerprint density at radius 1 is 1.23 bits per heavy atom. The highest BCUT2D eigenvalue weighted by Crippen LogP contribution is 2.11. The number of nitrogens with zero attached hydrogens (tertiary/aromatic N) is 3. The third-order valence-corrected chi connectivity index (χ3v) is 4.81. The van der Waals surface area contributed by atoms with Crippen molar-refractivity contribution < 1.29 is 9.84 Å². The van der Waals surface area contributed by atoms with Crippen LogP contribution in [0.5, 0.6) is 5.75 Å². The summed E-state index contributed by atoms with van der Waals surface area (Å²) in [4.78, 5) is 13.4. The smallest absolute Gasteiger partial charge is 0.229 e. The molecule has 0 amide bonds. The van der Waals surface area contributed by atoms with Gasteiger partial charge < -0.3 is 20.5 Å². The van der Waals surface area contributed by atoms with Crippen LogP contribution in [0, 0.1) is 13.8 Å². The number of guanidine groups is 1. The lowest BCUT2D eigenvalue weighted by Crippen LogP contribution is -2.45. The Bertz CT molecular complexity index is 861. The second-order valence-corrected chi connectivity index (χ2v) is 7.62. The highest BCUT2D eigenvalue weighted by Gasteiger charge is 2.15. The summed E-state index contributed by atoms with van der Waals surface area (Å²) in [5.41, 5.74) is 2.82. The van der Waals surface area contributed by atoms with E-state index in [2.05, 4.69) is 30.9 Å². The summed E-state index contributed by atoms with van der Waals surface area (Å²) in [6.45, 7) is 5.83. The van der Waals surface area contributed by atoms with Crippen molar-refractivity contribution in [2.75, 3.05) is 25.0 Å². The number of aliphatic imine (C=N–C) groups is 1. The molecule has 1 atom stereocenters. The molecule has 1 unspecified atom stereocenters. The summed E-state index contributed by atoms with van der Waals surface area (Å²) < 4.78 is 5.62. The van der Waals surface area contributed by atoms with Crippen LogP contribution >= 0.6 is 12.2 Å². The Morgan fingerprint density at radius 2 is 1.97 bits per heavy atom. The van der Waals surface area contributed by atoms with Gasteiger partial charge in [0, 0.05) is 31.1 Å². The van der Waals surface area contributed by atoms with Gasteiger partial charge in [0.25, 0.3) is 0 Å². The van der Waals surface area contributed by atoms with Crippen molar-refractivity contribution in [3.8, 4) is 5.75 Å². The summed E-state index contributed by atoms with van der Waals surface area (Å²) in [6, 6.07) is 9.01. The predicted molar refractivity (Wildman–Crippen MR) is 122 cm³/mol. The van der Waals surface area contributed by atoms with Crippen molar-refractivity contribution in [2.45, 2.75) is 39.2 Å². The third kappa shape index (κ3) is 7.23. The lowest BCUT2D eigenvalue weighted by molar-refractivity contribution is 0.114. The molecule has 4 N–H and O–H groups in total. The zero-order valence-corrected chi connectivity index (χ0v) is 18.1. The maximum Gasteiger partial charge on any atom is 0.229 e. The summed E-state index contributed by atoms with van der Waals surface area (Å²) in [6.07, 6.45) is 3.03. The highest BCUT2D eigenvalue weighted by atomic mass is 32.1. The van der Waals surface area contributed by atoms with E-state index in [4.69, 9.17) is 17.0 Å². The second kappa shape index (κ2) is 10.8. The number of phenolic OH excluding ortho intramolecular Hbond substituents is 1. The maximum atomic E-state index is 9.42. The van der Waals surface area contributed by atoms with Crippen LogP contribution < -0.4 is 16.0 Å². The number of hydrogen-bond donors (Lipinski definition) is 4. The second-order valence-electron chi connectivity index (χ2n) is 7.22. The molecule has 0 aliphatic carbocycles. The van der Waals surface area contributed by atoms with Gasteiger partial charge in [0.15, 0.2) is 5.11 Å². The molecule has 1 aromatic heterocycles. The van der Waals surface area contributed by atoms with Gasteiger partial charge in [-0.3, -0.25) is 10.3 Å². The summed E-state index contributed by atoms with van der Waals surface area (Å²) in [7, 11) is 0. The average molecular weight is 429 g/mol. The molecule has 2 heterocycles. The first kappa shape index (κ1) is 21.9. The summed E-state index contributed by atoms with van der Waals surface area (Å²) in [5.74, 6) is 1.19. The van der Waals surface area contributed by atoms with E-state index in [-0.39, 0.29) is 11.9 Å². The Balaban J connectivity index is 1.63. The van der Waals surface area contributed by atoms with Gasteiger partial charge in [0.1, 0.15) is 5.75 Å². The quantitative estimate of drug-likeness (QED) is 0.316. The topological polar surface area (TPSA) is 104 Å². The molecule has 2 aromatic rings. The molecule has 1 aliphatic rings. The molecule has 1 aliphatic heterocycles. The molecule has 0 spiro atoms. The first-order chi connectivity index (χ1) is 14.5. The molecule has 9 heteroatoms. The van der Waals surface area contributed by atoms with Crippen LogP contribution in [0.4, 0.5) is 5.95 Å². The number of rotatable bonds is 6. The Hall–Kier alpha value is -2.78. The third-order valence-electron chi connectivity index (χ3n) is 4.57. The molecule has 8 nitrogen and oxygen atoms in total. The first-order valence-corrected chi connectivity index (χ1v) is 10.5. The number of hydrogen-bond acceptors (Lipinski definition) is 6. The zero-order valence-electron chi connectivity index (χ0n) is 17.3. The molecule has 30 heavy (non-hydrogen) atoms. The Morgan fingerprint density at radius 3 is 2.63 bits per heavy atom. The number of nitrogens with one attached hydrogen (secondary N) is 3. The molecule has 0 saturated carbocycles. The van der Waals surface area contributed by atoms with Crippen LogP contribution in [0.3, 0.4) is 0 Å². The van der Waals surface area contributed by atoms with E-state index in [0.29, 0.717) is 30.1 Å². The SMILES string of the molecule is Cc1cc(C)nc(NC(=NCCc2ccc(O)cc2)NC(=S)NCC2CCCO2)n1. The zero-order chi connectivity index (χ0) is 21.3. The van der Waals surface area contributed by atoms with Gasteiger partial charge in [0.05, 0.1) is 6.10 Å². The van der Waals surface area contributed by atoms with Crippen molar-refractivity contribution in [3.63, 3.8) is 0 Å².